The molecule has 1 aliphatic rings. The highest BCUT2D eigenvalue weighted by molar-refractivity contribution is 7.90. The van der Waals surface area contributed by atoms with E-state index in [0.29, 0.717) is 20.9 Å². The summed E-state index contributed by atoms with van der Waals surface area (Å²) in [5, 5.41) is 3.70. The molecule has 4 rings (SSSR count). The lowest BCUT2D eigenvalue weighted by Crippen LogP contribution is -2.47. The molecule has 1 saturated heterocycles. The molecular weight excluding hydrogens is 495 g/mol. The van der Waals surface area contributed by atoms with Gasteiger partial charge in [0.25, 0.3) is 5.56 Å². The molecule has 13 heteroatoms. The van der Waals surface area contributed by atoms with Crippen molar-refractivity contribution in [1.29, 1.82) is 0 Å². The van der Waals surface area contributed by atoms with Gasteiger partial charge in [-0.15, -0.1) is 12.4 Å². The lowest BCUT2D eigenvalue weighted by molar-refractivity contribution is -0.0494. The fourth-order valence-corrected chi connectivity index (χ4v) is 4.94. The number of alkyl halides is 3. The summed E-state index contributed by atoms with van der Waals surface area (Å²) >= 11 is 0. The fraction of sp³-hybridized carbons (Fsp3) is 0.381. The third-order valence-electron chi connectivity index (χ3n) is 5.80. The van der Waals surface area contributed by atoms with Crippen LogP contribution in [0.15, 0.2) is 41.3 Å². The first-order valence-electron chi connectivity index (χ1n) is 10.2. The number of aromatic nitrogens is 3. The Balaban J connectivity index is 0.00000324. The Morgan fingerprint density at radius 2 is 1.76 bits per heavy atom. The second-order valence-electron chi connectivity index (χ2n) is 7.98. The second-order valence-corrected chi connectivity index (χ2v) is 9.91. The normalized spacial score (nSPS) is 15.8. The molecule has 0 aliphatic carbocycles. The van der Waals surface area contributed by atoms with Crippen molar-refractivity contribution in [3.63, 3.8) is 0 Å². The average molecular weight is 518 g/mol. The first-order valence-corrected chi connectivity index (χ1v) is 11.7. The summed E-state index contributed by atoms with van der Waals surface area (Å²) in [7, 11) is -3.71. The van der Waals surface area contributed by atoms with E-state index in [9.17, 15) is 26.4 Å². The summed E-state index contributed by atoms with van der Waals surface area (Å²) in [4.78, 5) is 21.7. The number of aryl methyl sites for hydroxylation is 2. The fourth-order valence-electron chi connectivity index (χ4n) is 3.95. The van der Waals surface area contributed by atoms with E-state index in [1.54, 1.807) is 19.3 Å². The van der Waals surface area contributed by atoms with Gasteiger partial charge < -0.3 is 5.32 Å². The largest absolute Gasteiger partial charge is 0.511 e. The molecule has 8 nitrogen and oxygen atoms in total. The van der Waals surface area contributed by atoms with Gasteiger partial charge in [-0.25, -0.2) is 13.4 Å². The molecule has 1 fully saturated rings. The number of rotatable bonds is 4. The molecule has 3 aromatic rings. The maximum absolute atomic E-state index is 13.0. The van der Waals surface area contributed by atoms with Crippen molar-refractivity contribution in [3.05, 3.63) is 52.4 Å². The van der Waals surface area contributed by atoms with Crippen LogP contribution in [0.1, 0.15) is 18.4 Å². The minimum absolute atomic E-state index is 0. The van der Waals surface area contributed by atoms with Gasteiger partial charge >= 0.3 is 15.5 Å². The number of anilines is 1. The third-order valence-corrected chi connectivity index (χ3v) is 7.43. The summed E-state index contributed by atoms with van der Waals surface area (Å²) in [6.07, 6.45) is 1.92. The van der Waals surface area contributed by atoms with Gasteiger partial charge in [0.05, 0.1) is 0 Å². The Morgan fingerprint density at radius 3 is 2.38 bits per heavy atom. The highest BCUT2D eigenvalue weighted by atomic mass is 35.5. The maximum atomic E-state index is 13.0. The number of benzene rings is 1. The molecule has 34 heavy (non-hydrogen) atoms. The molecule has 0 unspecified atom stereocenters. The van der Waals surface area contributed by atoms with Crippen molar-refractivity contribution in [2.75, 3.05) is 18.4 Å². The molecule has 2 aromatic heterocycles. The highest BCUT2D eigenvalue weighted by Crippen LogP contribution is 2.29. The summed E-state index contributed by atoms with van der Waals surface area (Å²) < 4.78 is 63.2. The minimum Gasteiger partial charge on any atom is -0.351 e. The van der Waals surface area contributed by atoms with Crippen LogP contribution in [0, 0.1) is 6.92 Å². The highest BCUT2D eigenvalue weighted by Gasteiger charge is 2.50. The smallest absolute Gasteiger partial charge is 0.351 e. The van der Waals surface area contributed by atoms with Gasteiger partial charge in [0.15, 0.2) is 0 Å². The van der Waals surface area contributed by atoms with Crippen LogP contribution in [0.25, 0.3) is 22.2 Å². The average Bonchev–Trinajstić information content (AvgIpc) is 2.77. The van der Waals surface area contributed by atoms with Crippen LogP contribution in [0.2, 0.25) is 0 Å². The molecule has 0 saturated carbocycles. The van der Waals surface area contributed by atoms with Crippen LogP contribution in [0.5, 0.6) is 0 Å². The number of hydrogen-bond acceptors (Lipinski definition) is 6. The van der Waals surface area contributed by atoms with Crippen LogP contribution in [-0.4, -0.2) is 51.9 Å². The number of nitrogens with one attached hydrogen (secondary N) is 1. The summed E-state index contributed by atoms with van der Waals surface area (Å²) in [6, 6.07) is 9.00. The predicted octanol–water partition coefficient (Wildman–Crippen LogP) is 3.45. The van der Waals surface area contributed by atoms with Crippen molar-refractivity contribution in [3.8, 4) is 11.1 Å². The second kappa shape index (κ2) is 9.51. The molecule has 0 radical (unpaired) electrons. The summed E-state index contributed by atoms with van der Waals surface area (Å²) in [6.45, 7) is 1.41. The van der Waals surface area contributed by atoms with E-state index >= 15 is 0 Å². The van der Waals surface area contributed by atoms with E-state index < -0.39 is 15.5 Å². The van der Waals surface area contributed by atoms with Crippen LogP contribution in [0.4, 0.5) is 19.1 Å². The molecule has 184 valence electrons. The molecule has 0 amide bonds. The Labute approximate surface area is 200 Å². The van der Waals surface area contributed by atoms with Crippen LogP contribution >= 0.6 is 12.4 Å². The SMILES string of the molecule is Cc1ccccc1-c1cc2cnc(NC3CCN(S(=O)(=O)C(F)(F)F)CC3)nc2n(C)c1=O.Cl. The topological polar surface area (TPSA) is 97.2 Å². The van der Waals surface area contributed by atoms with Crippen molar-refractivity contribution in [1.82, 2.24) is 18.8 Å². The van der Waals surface area contributed by atoms with E-state index in [1.165, 1.54) is 4.57 Å². The zero-order valence-electron chi connectivity index (χ0n) is 18.3. The number of piperidine rings is 1. The Morgan fingerprint density at radius 1 is 1.12 bits per heavy atom. The van der Waals surface area contributed by atoms with E-state index in [4.69, 9.17) is 0 Å². The third kappa shape index (κ3) is 4.75. The van der Waals surface area contributed by atoms with Gasteiger partial charge in [0, 0.05) is 43.3 Å². The predicted molar refractivity (Wildman–Crippen MR) is 125 cm³/mol. The molecule has 1 aromatic carbocycles. The summed E-state index contributed by atoms with van der Waals surface area (Å²) in [5.41, 5.74) is -2.80. The van der Waals surface area contributed by atoms with E-state index in [-0.39, 0.29) is 55.9 Å². The minimum atomic E-state index is -5.33. The molecular formula is C21H23ClF3N5O3S. The zero-order chi connectivity index (χ0) is 24.0. The number of pyridine rings is 1. The molecule has 0 bridgehead atoms. The molecule has 1 aliphatic heterocycles. The Kier molecular flexibility index (Phi) is 7.25. The quantitative estimate of drug-likeness (QED) is 0.569. The van der Waals surface area contributed by atoms with Crippen LogP contribution in [0.3, 0.4) is 0 Å². The molecule has 0 spiro atoms. The van der Waals surface area contributed by atoms with Gasteiger partial charge in [-0.1, -0.05) is 24.3 Å². The number of nitrogens with zero attached hydrogens (tertiary/aromatic N) is 4. The Bertz CT molecular complexity index is 1370. The standard InChI is InChI=1S/C21H22F3N5O3S.ClH/c1-13-5-3-4-6-16(13)17-11-14-12-25-20(27-18(14)28(2)19(17)30)26-15-7-9-29(10-8-15)33(31,32)21(22,23)24;/h3-6,11-12,15H,7-10H2,1-2H3,(H,25,26,27);1H. The first kappa shape index (κ1) is 25.9. The van der Waals surface area contributed by atoms with Gasteiger partial charge in [-0.2, -0.15) is 22.5 Å². The lowest BCUT2D eigenvalue weighted by Gasteiger charge is -2.31. The zero-order valence-corrected chi connectivity index (χ0v) is 20.0. The van der Waals surface area contributed by atoms with Crippen molar-refractivity contribution >= 4 is 39.4 Å². The molecule has 0 atom stereocenters. The van der Waals surface area contributed by atoms with Crippen molar-refractivity contribution < 1.29 is 21.6 Å². The number of sulfonamides is 1. The van der Waals surface area contributed by atoms with Gasteiger partial charge in [-0.05, 0) is 37.0 Å². The monoisotopic (exact) mass is 517 g/mol. The lowest BCUT2D eigenvalue weighted by atomic mass is 10.0. The van der Waals surface area contributed by atoms with E-state index in [1.807, 2.05) is 31.2 Å². The number of hydrogen-bond donors (Lipinski definition) is 1. The van der Waals surface area contributed by atoms with Crippen LogP contribution in [-0.2, 0) is 17.1 Å². The van der Waals surface area contributed by atoms with E-state index in [0.717, 1.165) is 11.1 Å². The number of halogens is 4. The van der Waals surface area contributed by atoms with Gasteiger partial charge in [0.2, 0.25) is 5.95 Å². The van der Waals surface area contributed by atoms with E-state index in [2.05, 4.69) is 15.3 Å². The summed E-state index contributed by atoms with van der Waals surface area (Å²) in [5.74, 6) is 0.221. The first-order chi connectivity index (χ1) is 15.5. The Hall–Kier alpha value is -2.70. The maximum Gasteiger partial charge on any atom is 0.511 e. The van der Waals surface area contributed by atoms with Crippen molar-refractivity contribution in [2.45, 2.75) is 31.3 Å². The van der Waals surface area contributed by atoms with Gasteiger partial charge in [0.1, 0.15) is 5.65 Å². The van der Waals surface area contributed by atoms with Gasteiger partial charge in [-0.3, -0.25) is 9.36 Å². The van der Waals surface area contributed by atoms with Crippen LogP contribution < -0.4 is 10.9 Å². The molecule has 1 N–H and O–H groups in total. The number of fused-ring (bicyclic) bond motifs is 1. The molecule has 3 heterocycles. The van der Waals surface area contributed by atoms with Crippen molar-refractivity contribution in [2.24, 2.45) is 7.05 Å².